The molecule has 0 atom stereocenters. The highest BCUT2D eigenvalue weighted by Gasteiger charge is 2.25. The van der Waals surface area contributed by atoms with Gasteiger partial charge in [0.2, 0.25) is 13.1 Å². The lowest BCUT2D eigenvalue weighted by atomic mass is 10.2. The van der Waals surface area contributed by atoms with Gasteiger partial charge in [-0.1, -0.05) is 0 Å². The average molecular weight is 342 g/mol. The van der Waals surface area contributed by atoms with E-state index in [9.17, 15) is 10.2 Å². The van der Waals surface area contributed by atoms with Crippen LogP contribution >= 0.6 is 0 Å². The minimum atomic E-state index is 0.189. The number of phenols is 2. The van der Waals surface area contributed by atoms with Crippen LogP contribution in [-0.4, -0.2) is 65.8 Å². The third kappa shape index (κ3) is 3.91. The zero-order chi connectivity index (χ0) is 17.8. The molecular formula is C19H22N2O4+2. The first-order valence-electron chi connectivity index (χ1n) is 8.01. The molecule has 1 saturated heterocycles. The topological polar surface area (TPSA) is 64.9 Å². The van der Waals surface area contributed by atoms with E-state index in [1.54, 1.807) is 26.4 Å². The van der Waals surface area contributed by atoms with Crippen LogP contribution in [-0.2, 0) is 0 Å². The van der Waals surface area contributed by atoms with Crippen LogP contribution in [0, 0.1) is 0 Å². The van der Waals surface area contributed by atoms with E-state index < -0.39 is 0 Å². The molecule has 0 saturated carbocycles. The van der Waals surface area contributed by atoms with Crippen molar-refractivity contribution in [2.75, 3.05) is 34.0 Å². The van der Waals surface area contributed by atoms with E-state index in [0.717, 1.165) is 24.2 Å². The highest BCUT2D eigenvalue weighted by atomic mass is 16.5. The Morgan fingerprint density at radius 3 is 1.60 bits per heavy atom. The second-order valence-electron chi connectivity index (χ2n) is 5.87. The van der Waals surface area contributed by atoms with Crippen molar-refractivity contribution in [3.63, 3.8) is 0 Å². The third-order valence-electron chi connectivity index (χ3n) is 4.16. The molecular weight excluding hydrogens is 320 g/mol. The number of ether oxygens (including phenoxy) is 2. The van der Waals surface area contributed by atoms with Gasteiger partial charge in [0, 0.05) is 12.1 Å². The minimum Gasteiger partial charge on any atom is -0.507 e. The lowest BCUT2D eigenvalue weighted by Crippen LogP contribution is -2.13. The maximum absolute atomic E-state index is 10.1. The normalized spacial score (nSPS) is 17.2. The molecule has 130 valence electrons. The number of hydrogen-bond donors (Lipinski definition) is 2. The molecule has 0 bridgehead atoms. The molecule has 2 aromatic carbocycles. The first-order valence-corrected chi connectivity index (χ1v) is 8.01. The molecule has 1 fully saturated rings. The fraction of sp³-hybridized carbons (Fsp3) is 0.263. The van der Waals surface area contributed by atoms with E-state index in [1.807, 2.05) is 36.7 Å². The van der Waals surface area contributed by atoms with Crippen LogP contribution in [0.3, 0.4) is 0 Å². The molecule has 0 radical (unpaired) electrons. The molecule has 1 heterocycles. The number of methoxy groups -OCH3 is 2. The summed E-state index contributed by atoms with van der Waals surface area (Å²) in [6.07, 6.45) is 3.85. The van der Waals surface area contributed by atoms with Crippen LogP contribution in [0.4, 0.5) is 0 Å². The van der Waals surface area contributed by atoms with Gasteiger partial charge in [0.15, 0.2) is 12.4 Å². The Morgan fingerprint density at radius 2 is 1.24 bits per heavy atom. The van der Waals surface area contributed by atoms with Gasteiger partial charge in [-0.15, -0.1) is 0 Å². The zero-order valence-electron chi connectivity index (χ0n) is 14.3. The van der Waals surface area contributed by atoms with Crippen LogP contribution < -0.4 is 9.47 Å². The van der Waals surface area contributed by atoms with Crippen molar-refractivity contribution in [3.8, 4) is 23.0 Å². The zero-order valence-corrected chi connectivity index (χ0v) is 14.3. The number of nitrogens with zero attached hydrogens (tertiary/aromatic N) is 2. The van der Waals surface area contributed by atoms with Crippen molar-refractivity contribution in [1.29, 1.82) is 0 Å². The monoisotopic (exact) mass is 342 g/mol. The van der Waals surface area contributed by atoms with Gasteiger partial charge in [-0.3, -0.25) is 0 Å². The summed E-state index contributed by atoms with van der Waals surface area (Å²) in [6, 6.07) is 10.5. The first-order chi connectivity index (χ1) is 12.1. The van der Waals surface area contributed by atoms with E-state index in [2.05, 4.69) is 9.15 Å². The average Bonchev–Trinajstić information content (AvgIpc) is 3.05. The summed E-state index contributed by atoms with van der Waals surface area (Å²) >= 11 is 0. The number of aromatic hydroxyl groups is 2. The summed E-state index contributed by atoms with van der Waals surface area (Å²) in [7, 11) is 3.14. The lowest BCUT2D eigenvalue weighted by Gasteiger charge is -2.02. The molecule has 0 spiro atoms. The standard InChI is InChI=1S/C19H20N2O4/c1-24-16-5-3-14(18(22)9-16)11-20-7-8-21(13-20)12-15-4-6-17(25-2)10-19(15)23/h3-6,9-12H,7-8,13H2,1-2H3/p+2. The number of rotatable bonds is 4. The van der Waals surface area contributed by atoms with Gasteiger partial charge in [0.1, 0.15) is 23.0 Å². The van der Waals surface area contributed by atoms with E-state index >= 15 is 0 Å². The van der Waals surface area contributed by atoms with Gasteiger partial charge in [0.25, 0.3) is 0 Å². The molecule has 6 nitrogen and oxygen atoms in total. The summed E-state index contributed by atoms with van der Waals surface area (Å²) in [5.74, 6) is 1.63. The smallest absolute Gasteiger partial charge is 0.334 e. The molecule has 2 N–H and O–H groups in total. The summed E-state index contributed by atoms with van der Waals surface area (Å²) < 4.78 is 14.4. The Hall–Kier alpha value is -3.02. The van der Waals surface area contributed by atoms with Crippen LogP contribution in [0.1, 0.15) is 11.1 Å². The summed E-state index contributed by atoms with van der Waals surface area (Å²) in [6.45, 7) is 2.34. The molecule has 6 heteroatoms. The fourth-order valence-corrected chi connectivity index (χ4v) is 2.76. The Labute approximate surface area is 146 Å². The molecule has 3 rings (SSSR count). The third-order valence-corrected chi connectivity index (χ3v) is 4.16. The first kappa shape index (κ1) is 16.8. The van der Waals surface area contributed by atoms with Crippen molar-refractivity contribution < 1.29 is 28.8 Å². The van der Waals surface area contributed by atoms with Crippen molar-refractivity contribution >= 4 is 12.4 Å². The van der Waals surface area contributed by atoms with E-state index in [1.165, 1.54) is 0 Å². The van der Waals surface area contributed by atoms with Crippen molar-refractivity contribution in [2.24, 2.45) is 0 Å². The molecule has 0 amide bonds. The van der Waals surface area contributed by atoms with Crippen molar-refractivity contribution in [1.82, 2.24) is 0 Å². The second kappa shape index (κ2) is 7.25. The predicted octanol–water partition coefficient (Wildman–Crippen LogP) is 1.65. The predicted molar refractivity (Wildman–Crippen MR) is 94.8 cm³/mol. The Kier molecular flexibility index (Phi) is 4.88. The minimum absolute atomic E-state index is 0.189. The second-order valence-corrected chi connectivity index (χ2v) is 5.87. The van der Waals surface area contributed by atoms with Gasteiger partial charge < -0.3 is 19.7 Å². The van der Waals surface area contributed by atoms with Gasteiger partial charge >= 0.3 is 6.67 Å². The van der Waals surface area contributed by atoms with Crippen LogP contribution in [0.25, 0.3) is 0 Å². The van der Waals surface area contributed by atoms with Crippen LogP contribution in [0.2, 0.25) is 0 Å². The van der Waals surface area contributed by atoms with Crippen molar-refractivity contribution in [3.05, 3.63) is 47.5 Å². The Balaban J connectivity index is 1.77. The fourth-order valence-electron chi connectivity index (χ4n) is 2.76. The van der Waals surface area contributed by atoms with E-state index in [-0.39, 0.29) is 11.5 Å². The number of hydrogen-bond acceptors (Lipinski definition) is 4. The number of benzene rings is 2. The Bertz CT molecular complexity index is 774. The number of phenolic OH excluding ortho intramolecular Hbond substituents is 2. The highest BCUT2D eigenvalue weighted by molar-refractivity contribution is 5.81. The highest BCUT2D eigenvalue weighted by Crippen LogP contribution is 2.23. The molecule has 0 aromatic heterocycles. The Morgan fingerprint density at radius 1 is 0.800 bits per heavy atom. The maximum Gasteiger partial charge on any atom is 0.334 e. The lowest BCUT2D eigenvalue weighted by molar-refractivity contribution is -0.647. The summed E-state index contributed by atoms with van der Waals surface area (Å²) in [5, 5.41) is 20.1. The van der Waals surface area contributed by atoms with Gasteiger partial charge in [-0.05, 0) is 24.3 Å². The van der Waals surface area contributed by atoms with Gasteiger partial charge in [-0.2, -0.15) is 9.15 Å². The quantitative estimate of drug-likeness (QED) is 0.830. The van der Waals surface area contributed by atoms with Gasteiger partial charge in [0.05, 0.1) is 25.3 Å². The van der Waals surface area contributed by atoms with Crippen molar-refractivity contribution in [2.45, 2.75) is 0 Å². The molecule has 1 aliphatic heterocycles. The molecule has 0 aliphatic carbocycles. The van der Waals surface area contributed by atoms with Gasteiger partial charge in [-0.25, -0.2) is 0 Å². The van der Waals surface area contributed by atoms with Crippen LogP contribution in [0.5, 0.6) is 23.0 Å². The van der Waals surface area contributed by atoms with Crippen LogP contribution in [0.15, 0.2) is 36.4 Å². The van der Waals surface area contributed by atoms with E-state index in [4.69, 9.17) is 9.47 Å². The summed E-state index contributed by atoms with van der Waals surface area (Å²) in [4.78, 5) is 0. The molecule has 1 aliphatic rings. The largest absolute Gasteiger partial charge is 0.507 e. The molecule has 25 heavy (non-hydrogen) atoms. The SMILES string of the molecule is COc1ccc(/C=[N+]2/CC/[N+](=C/c3ccc(OC)cc3O)C2)c(O)c1. The molecule has 2 aromatic rings. The summed E-state index contributed by atoms with van der Waals surface area (Å²) in [5.41, 5.74) is 1.49. The maximum atomic E-state index is 10.1. The molecule has 0 unspecified atom stereocenters. The van der Waals surface area contributed by atoms with E-state index in [0.29, 0.717) is 18.2 Å².